The van der Waals surface area contributed by atoms with Gasteiger partial charge in [0.05, 0.1) is 10.7 Å². The predicted octanol–water partition coefficient (Wildman–Crippen LogP) is 4.52. The highest BCUT2D eigenvalue weighted by atomic mass is 35.5. The number of amides is 4. The number of halogens is 1. The number of benzene rings is 2. The predicted molar refractivity (Wildman–Crippen MR) is 151 cm³/mol. The molecule has 208 valence electrons. The lowest BCUT2D eigenvalue weighted by Crippen LogP contribution is -2.51. The summed E-state index contributed by atoms with van der Waals surface area (Å²) < 4.78 is 5.28. The van der Waals surface area contributed by atoms with Crippen molar-refractivity contribution in [1.82, 2.24) is 10.2 Å². The molecule has 0 radical (unpaired) electrons. The molecule has 0 bridgehead atoms. The molecular weight excluding hydrogens is 520 g/mol. The monoisotopic (exact) mass is 554 g/mol. The van der Waals surface area contributed by atoms with E-state index >= 15 is 0 Å². The van der Waals surface area contributed by atoms with Crippen molar-refractivity contribution in [3.63, 3.8) is 0 Å². The van der Waals surface area contributed by atoms with Crippen LogP contribution >= 0.6 is 11.6 Å². The van der Waals surface area contributed by atoms with Crippen molar-refractivity contribution in [2.24, 2.45) is 5.73 Å². The smallest absolute Gasteiger partial charge is 0.408 e. The summed E-state index contributed by atoms with van der Waals surface area (Å²) in [5.41, 5.74) is 7.83. The largest absolute Gasteiger partial charge is 0.444 e. The van der Waals surface area contributed by atoms with Crippen LogP contribution in [0.2, 0.25) is 5.02 Å². The maximum Gasteiger partial charge on any atom is 0.408 e. The van der Waals surface area contributed by atoms with E-state index in [0.717, 1.165) is 16.0 Å². The zero-order valence-corrected chi connectivity index (χ0v) is 23.8. The second kappa shape index (κ2) is 13.2. The number of hydrogen-bond acceptors (Lipinski definition) is 5. The van der Waals surface area contributed by atoms with Gasteiger partial charge in [-0.25, -0.2) is 4.79 Å². The second-order valence-corrected chi connectivity index (χ2v) is 10.6. The molecule has 2 aromatic carbocycles. The van der Waals surface area contributed by atoms with Crippen molar-refractivity contribution >= 4 is 41.1 Å². The zero-order chi connectivity index (χ0) is 29.5. The molecule has 2 rings (SSSR count). The molecule has 39 heavy (non-hydrogen) atoms. The van der Waals surface area contributed by atoms with Gasteiger partial charge in [-0.1, -0.05) is 48.4 Å². The Hall–Kier alpha value is -4.03. The van der Waals surface area contributed by atoms with Gasteiger partial charge < -0.3 is 21.1 Å². The molecule has 0 saturated carbocycles. The summed E-state index contributed by atoms with van der Waals surface area (Å²) in [5.74, 6) is -2.09. The van der Waals surface area contributed by atoms with Gasteiger partial charge in [-0.2, -0.15) is 0 Å². The lowest BCUT2D eigenvalue weighted by atomic mass is 9.98. The molecule has 0 spiro atoms. The highest BCUT2D eigenvalue weighted by Crippen LogP contribution is 2.30. The minimum Gasteiger partial charge on any atom is -0.444 e. The van der Waals surface area contributed by atoms with Gasteiger partial charge in [0.15, 0.2) is 0 Å². The van der Waals surface area contributed by atoms with Gasteiger partial charge in [0.25, 0.3) is 11.8 Å². The molecule has 10 heteroatoms. The Labute approximate surface area is 234 Å². The molecule has 0 aliphatic rings. The van der Waals surface area contributed by atoms with Crippen LogP contribution in [-0.4, -0.2) is 40.4 Å². The van der Waals surface area contributed by atoms with Gasteiger partial charge in [-0.05, 0) is 76.3 Å². The fraction of sp³-hybridized carbons (Fsp3) is 0.379. The zero-order valence-electron chi connectivity index (χ0n) is 23.1. The number of ether oxygens (including phenoxy) is 1. The third kappa shape index (κ3) is 8.76. The van der Waals surface area contributed by atoms with E-state index in [1.54, 1.807) is 58.0 Å². The van der Waals surface area contributed by atoms with Crippen LogP contribution in [0, 0.1) is 33.2 Å². The van der Waals surface area contributed by atoms with Gasteiger partial charge in [0.1, 0.15) is 17.7 Å². The summed E-state index contributed by atoms with van der Waals surface area (Å²) >= 11 is 6.34. The van der Waals surface area contributed by atoms with Crippen LogP contribution in [0.5, 0.6) is 0 Å². The molecule has 2 aromatic rings. The summed E-state index contributed by atoms with van der Waals surface area (Å²) in [6, 6.07) is 10.1. The van der Waals surface area contributed by atoms with E-state index in [1.165, 1.54) is 0 Å². The molecule has 2 atom stereocenters. The van der Waals surface area contributed by atoms with Crippen LogP contribution in [0.3, 0.4) is 0 Å². The van der Waals surface area contributed by atoms with Crippen molar-refractivity contribution in [1.29, 1.82) is 0 Å². The van der Waals surface area contributed by atoms with Gasteiger partial charge in [-0.3, -0.25) is 19.3 Å². The summed E-state index contributed by atoms with van der Waals surface area (Å²) in [6.45, 7) is 10.6. The SMILES string of the molecule is C#CN(C(=O)C(CCC(N)=O)NC(=O)OC(C)(C)C)C(C(=O)Nc1c(C)cccc1Cl)c1ccc(C)c(C)c1. The Bertz CT molecular complexity index is 1280. The Kier molecular flexibility index (Phi) is 10.5. The van der Waals surface area contributed by atoms with Crippen LogP contribution < -0.4 is 16.4 Å². The fourth-order valence-corrected chi connectivity index (χ4v) is 4.03. The highest BCUT2D eigenvalue weighted by Gasteiger charge is 2.36. The topological polar surface area (TPSA) is 131 Å². The van der Waals surface area contributed by atoms with Crippen LogP contribution in [0.4, 0.5) is 10.5 Å². The number of primary amides is 1. The van der Waals surface area contributed by atoms with Crippen LogP contribution in [0.1, 0.15) is 61.9 Å². The fourth-order valence-electron chi connectivity index (χ4n) is 3.76. The lowest BCUT2D eigenvalue weighted by molar-refractivity contribution is -0.137. The van der Waals surface area contributed by atoms with Gasteiger partial charge in [0.2, 0.25) is 5.91 Å². The first-order valence-corrected chi connectivity index (χ1v) is 12.7. The minimum atomic E-state index is -1.30. The van der Waals surface area contributed by atoms with E-state index in [2.05, 4.69) is 16.7 Å². The molecule has 0 aliphatic heterocycles. The van der Waals surface area contributed by atoms with Crippen molar-refractivity contribution in [3.05, 3.63) is 63.7 Å². The second-order valence-electron chi connectivity index (χ2n) is 10.2. The van der Waals surface area contributed by atoms with E-state index in [0.29, 0.717) is 21.8 Å². The van der Waals surface area contributed by atoms with E-state index in [-0.39, 0.29) is 12.8 Å². The summed E-state index contributed by atoms with van der Waals surface area (Å²) in [4.78, 5) is 52.5. The molecular formula is C29H35ClN4O5. The first kappa shape index (κ1) is 31.2. The van der Waals surface area contributed by atoms with Crippen molar-refractivity contribution in [2.45, 2.75) is 72.1 Å². The number of anilines is 1. The molecule has 4 amide bonds. The number of nitrogens with two attached hydrogens (primary N) is 1. The van der Waals surface area contributed by atoms with Gasteiger partial charge in [-0.15, -0.1) is 0 Å². The maximum atomic E-state index is 13.8. The quantitative estimate of drug-likeness (QED) is 0.310. The van der Waals surface area contributed by atoms with E-state index in [4.69, 9.17) is 28.5 Å². The van der Waals surface area contributed by atoms with Gasteiger partial charge in [0, 0.05) is 12.5 Å². The van der Waals surface area contributed by atoms with E-state index in [1.807, 2.05) is 19.9 Å². The average molecular weight is 555 g/mol. The Morgan fingerprint density at radius 3 is 2.28 bits per heavy atom. The van der Waals surface area contributed by atoms with Crippen LogP contribution in [-0.2, 0) is 19.1 Å². The van der Waals surface area contributed by atoms with Crippen molar-refractivity contribution in [3.8, 4) is 12.5 Å². The number of para-hydroxylation sites is 1. The number of nitrogens with one attached hydrogen (secondary N) is 2. The first-order chi connectivity index (χ1) is 18.1. The van der Waals surface area contributed by atoms with Crippen LogP contribution in [0.15, 0.2) is 36.4 Å². The number of carbonyl (C=O) groups is 4. The molecule has 0 aromatic heterocycles. The minimum absolute atomic E-state index is 0.156. The molecule has 0 aliphatic carbocycles. The highest BCUT2D eigenvalue weighted by molar-refractivity contribution is 6.34. The van der Waals surface area contributed by atoms with Crippen LogP contribution in [0.25, 0.3) is 0 Å². The summed E-state index contributed by atoms with van der Waals surface area (Å²) in [5, 5.41) is 5.58. The van der Waals surface area contributed by atoms with E-state index in [9.17, 15) is 19.2 Å². The summed E-state index contributed by atoms with van der Waals surface area (Å²) in [7, 11) is 0. The number of terminal acetylenes is 1. The van der Waals surface area contributed by atoms with Gasteiger partial charge >= 0.3 is 6.09 Å². The maximum absolute atomic E-state index is 13.8. The number of alkyl carbamates (subject to hydrolysis) is 1. The molecule has 9 nitrogen and oxygen atoms in total. The Morgan fingerprint density at radius 2 is 1.74 bits per heavy atom. The number of rotatable bonds is 9. The number of nitrogens with zero attached hydrogens (tertiary/aromatic N) is 1. The van der Waals surface area contributed by atoms with E-state index < -0.39 is 41.5 Å². The van der Waals surface area contributed by atoms with Crippen molar-refractivity contribution in [2.75, 3.05) is 5.32 Å². The molecule has 0 heterocycles. The number of aryl methyl sites for hydroxylation is 3. The third-order valence-corrected chi connectivity index (χ3v) is 6.18. The van der Waals surface area contributed by atoms with Crippen molar-refractivity contribution < 1.29 is 23.9 Å². The molecule has 4 N–H and O–H groups in total. The summed E-state index contributed by atoms with van der Waals surface area (Å²) in [6.07, 6.45) is 4.55. The number of carbonyl (C=O) groups excluding carboxylic acids is 4. The molecule has 2 unspecified atom stereocenters. The average Bonchev–Trinajstić information content (AvgIpc) is 2.82. The standard InChI is InChI=1S/C29H35ClN4O5/c1-8-34(27(37)22(14-15-23(31)35)32-28(38)39-29(5,6)7)25(20-13-12-17(2)19(4)16-20)26(36)33-24-18(3)10-9-11-21(24)30/h1,9-13,16,22,25H,14-15H2,2-7H3,(H2,31,35)(H,32,38)(H,33,36). The number of hydrogen-bond donors (Lipinski definition) is 3. The normalized spacial score (nSPS) is 12.5. The third-order valence-electron chi connectivity index (χ3n) is 5.87. The lowest BCUT2D eigenvalue weighted by Gasteiger charge is -2.31. The Balaban J connectivity index is 2.55. The molecule has 0 fully saturated rings. The molecule has 0 saturated heterocycles. The first-order valence-electron chi connectivity index (χ1n) is 12.3. The Morgan fingerprint density at radius 1 is 1.08 bits per heavy atom.